The Hall–Kier alpha value is -1.36. The van der Waals surface area contributed by atoms with Crippen molar-refractivity contribution in [2.75, 3.05) is 12.3 Å². The zero-order valence-electron chi connectivity index (χ0n) is 12.8. The lowest BCUT2D eigenvalue weighted by Gasteiger charge is -2.28. The van der Waals surface area contributed by atoms with E-state index in [0.29, 0.717) is 5.75 Å². The minimum absolute atomic E-state index is 0.124. The first-order chi connectivity index (χ1) is 9.87. The number of nitrogens with zero attached hydrogens (tertiary/aromatic N) is 1. The van der Waals surface area contributed by atoms with Gasteiger partial charge in [-0.05, 0) is 45.2 Å². The van der Waals surface area contributed by atoms with E-state index in [2.05, 4.69) is 0 Å². The normalized spacial score (nSPS) is 18.8. The summed E-state index contributed by atoms with van der Waals surface area (Å²) in [5.74, 6) is 1.26. The molecule has 0 saturated carbocycles. The van der Waals surface area contributed by atoms with Crippen molar-refractivity contribution in [1.29, 1.82) is 0 Å². The molecule has 1 saturated heterocycles. The third kappa shape index (κ3) is 4.56. The molecule has 1 atom stereocenters. The zero-order chi connectivity index (χ0) is 15.5. The van der Waals surface area contributed by atoms with Crippen LogP contribution in [0.25, 0.3) is 0 Å². The number of hydrogen-bond acceptors (Lipinski definition) is 4. The molecule has 1 fully saturated rings. The first-order valence-electron chi connectivity index (χ1n) is 7.25. The standard InChI is InChI=1S/C16H23NO3S/c1-16(2,3)20-15(19)17-10-11-21-14(17)9-8-12-6-4-5-7-13(12)18/h4-7,14,18H,8-11H2,1-3H3. The first-order valence-corrected chi connectivity index (χ1v) is 8.30. The number of thioether (sulfide) groups is 1. The number of phenols is 1. The molecule has 116 valence electrons. The molecule has 21 heavy (non-hydrogen) atoms. The van der Waals surface area contributed by atoms with Gasteiger partial charge in [-0.2, -0.15) is 0 Å². The Kier molecular flexibility index (Phi) is 5.04. The molecule has 5 heteroatoms. The van der Waals surface area contributed by atoms with Crippen molar-refractivity contribution in [2.45, 2.75) is 44.6 Å². The molecule has 1 aromatic rings. The van der Waals surface area contributed by atoms with Crippen LogP contribution in [0.5, 0.6) is 5.75 Å². The summed E-state index contributed by atoms with van der Waals surface area (Å²) in [5, 5.41) is 9.92. The van der Waals surface area contributed by atoms with Gasteiger partial charge in [-0.25, -0.2) is 4.79 Å². The maximum atomic E-state index is 12.2. The number of hydrogen-bond donors (Lipinski definition) is 1. The lowest BCUT2D eigenvalue weighted by atomic mass is 10.1. The van der Waals surface area contributed by atoms with Crippen LogP contribution < -0.4 is 0 Å². The van der Waals surface area contributed by atoms with E-state index < -0.39 is 5.60 Å². The van der Waals surface area contributed by atoms with Gasteiger partial charge in [0, 0.05) is 12.3 Å². The molecular formula is C16H23NO3S. The largest absolute Gasteiger partial charge is 0.508 e. The summed E-state index contributed by atoms with van der Waals surface area (Å²) < 4.78 is 5.45. The summed E-state index contributed by atoms with van der Waals surface area (Å²) in [5.41, 5.74) is 0.459. The van der Waals surface area contributed by atoms with Crippen LogP contribution in [0.3, 0.4) is 0 Å². The fourth-order valence-corrected chi connectivity index (χ4v) is 3.52. The SMILES string of the molecule is CC(C)(C)OC(=O)N1CCSC1CCc1ccccc1O. The molecule has 1 unspecified atom stereocenters. The van der Waals surface area contributed by atoms with Gasteiger partial charge < -0.3 is 9.84 Å². The molecule has 0 aliphatic carbocycles. The predicted octanol–water partition coefficient (Wildman–Crippen LogP) is 3.63. The van der Waals surface area contributed by atoms with Gasteiger partial charge >= 0.3 is 6.09 Å². The average molecular weight is 309 g/mol. The van der Waals surface area contributed by atoms with Crippen molar-refractivity contribution in [3.63, 3.8) is 0 Å². The van der Waals surface area contributed by atoms with Crippen LogP contribution in [0.4, 0.5) is 4.79 Å². The van der Waals surface area contributed by atoms with Gasteiger partial charge in [0.25, 0.3) is 0 Å². The third-order valence-corrected chi connectivity index (χ3v) is 4.56. The smallest absolute Gasteiger partial charge is 0.411 e. The van der Waals surface area contributed by atoms with Gasteiger partial charge in [0.2, 0.25) is 0 Å². The molecule has 1 aliphatic rings. The minimum Gasteiger partial charge on any atom is -0.508 e. The Morgan fingerprint density at radius 2 is 2.14 bits per heavy atom. The number of ether oxygens (including phenoxy) is 1. The van der Waals surface area contributed by atoms with Crippen LogP contribution >= 0.6 is 11.8 Å². The van der Waals surface area contributed by atoms with E-state index in [1.54, 1.807) is 22.7 Å². The predicted molar refractivity (Wildman–Crippen MR) is 85.6 cm³/mol. The molecule has 1 amide bonds. The highest BCUT2D eigenvalue weighted by molar-refractivity contribution is 8.00. The van der Waals surface area contributed by atoms with Crippen LogP contribution in [0.15, 0.2) is 24.3 Å². The number of carbonyl (C=O) groups excluding carboxylic acids is 1. The topological polar surface area (TPSA) is 49.8 Å². The molecular weight excluding hydrogens is 286 g/mol. The van der Waals surface area contributed by atoms with E-state index in [1.165, 1.54) is 0 Å². The molecule has 1 heterocycles. The summed E-state index contributed by atoms with van der Waals surface area (Å²) in [7, 11) is 0. The Morgan fingerprint density at radius 3 is 2.81 bits per heavy atom. The van der Waals surface area contributed by atoms with Crippen LogP contribution in [-0.2, 0) is 11.2 Å². The monoisotopic (exact) mass is 309 g/mol. The van der Waals surface area contributed by atoms with E-state index in [9.17, 15) is 9.90 Å². The summed E-state index contributed by atoms with van der Waals surface area (Å²) in [6.07, 6.45) is 1.33. The van der Waals surface area contributed by atoms with Crippen molar-refractivity contribution in [1.82, 2.24) is 4.90 Å². The molecule has 2 rings (SSSR count). The van der Waals surface area contributed by atoms with Gasteiger partial charge in [-0.3, -0.25) is 4.90 Å². The first kappa shape index (κ1) is 16.0. The quantitative estimate of drug-likeness (QED) is 0.926. The van der Waals surface area contributed by atoms with Gasteiger partial charge in [0.05, 0.1) is 5.37 Å². The summed E-state index contributed by atoms with van der Waals surface area (Å²) in [6.45, 7) is 6.37. The third-order valence-electron chi connectivity index (χ3n) is 3.27. The van der Waals surface area contributed by atoms with Crippen LogP contribution in [0.2, 0.25) is 0 Å². The molecule has 1 N–H and O–H groups in total. The lowest BCUT2D eigenvalue weighted by Crippen LogP contribution is -2.39. The van der Waals surface area contributed by atoms with Crippen molar-refractivity contribution >= 4 is 17.9 Å². The van der Waals surface area contributed by atoms with Crippen LogP contribution in [-0.4, -0.2) is 39.4 Å². The molecule has 0 radical (unpaired) electrons. The Balaban J connectivity index is 1.93. The van der Waals surface area contributed by atoms with Gasteiger partial charge in [0.1, 0.15) is 11.4 Å². The highest BCUT2D eigenvalue weighted by Crippen LogP contribution is 2.30. The average Bonchev–Trinajstić information content (AvgIpc) is 2.84. The molecule has 0 aromatic heterocycles. The van der Waals surface area contributed by atoms with Crippen LogP contribution in [0, 0.1) is 0 Å². The second-order valence-corrected chi connectivity index (χ2v) is 7.45. The molecule has 4 nitrogen and oxygen atoms in total. The second kappa shape index (κ2) is 6.60. The fourth-order valence-electron chi connectivity index (χ4n) is 2.29. The van der Waals surface area contributed by atoms with Crippen molar-refractivity contribution in [3.05, 3.63) is 29.8 Å². The number of aryl methyl sites for hydroxylation is 1. The summed E-state index contributed by atoms with van der Waals surface area (Å²) in [6, 6.07) is 7.36. The number of phenolic OH excluding ortho intramolecular Hbond substituents is 1. The number of amides is 1. The highest BCUT2D eigenvalue weighted by atomic mass is 32.2. The van der Waals surface area contributed by atoms with Crippen LogP contribution in [0.1, 0.15) is 32.8 Å². The maximum absolute atomic E-state index is 12.2. The summed E-state index contributed by atoms with van der Waals surface area (Å²) >= 11 is 1.77. The lowest BCUT2D eigenvalue weighted by molar-refractivity contribution is 0.0251. The summed E-state index contributed by atoms with van der Waals surface area (Å²) in [4.78, 5) is 14.0. The fraction of sp³-hybridized carbons (Fsp3) is 0.562. The van der Waals surface area contributed by atoms with E-state index in [1.807, 2.05) is 39.0 Å². The van der Waals surface area contributed by atoms with E-state index >= 15 is 0 Å². The Morgan fingerprint density at radius 1 is 1.43 bits per heavy atom. The highest BCUT2D eigenvalue weighted by Gasteiger charge is 2.32. The number of aromatic hydroxyl groups is 1. The number of para-hydroxylation sites is 1. The molecule has 1 aliphatic heterocycles. The number of benzene rings is 1. The van der Waals surface area contributed by atoms with Gasteiger partial charge in [-0.15, -0.1) is 11.8 Å². The Bertz CT molecular complexity index is 499. The van der Waals surface area contributed by atoms with E-state index in [0.717, 1.165) is 30.7 Å². The minimum atomic E-state index is -0.466. The van der Waals surface area contributed by atoms with Crippen molar-refractivity contribution in [3.8, 4) is 5.75 Å². The number of carbonyl (C=O) groups is 1. The second-order valence-electron chi connectivity index (χ2n) is 6.17. The number of rotatable bonds is 3. The van der Waals surface area contributed by atoms with E-state index in [4.69, 9.17) is 4.74 Å². The Labute approximate surface area is 130 Å². The maximum Gasteiger partial charge on any atom is 0.411 e. The molecule has 1 aromatic carbocycles. The molecule has 0 spiro atoms. The van der Waals surface area contributed by atoms with Crippen molar-refractivity contribution < 1.29 is 14.6 Å². The van der Waals surface area contributed by atoms with Gasteiger partial charge in [0.15, 0.2) is 0 Å². The van der Waals surface area contributed by atoms with E-state index in [-0.39, 0.29) is 11.5 Å². The van der Waals surface area contributed by atoms with Gasteiger partial charge in [-0.1, -0.05) is 18.2 Å². The molecule has 0 bridgehead atoms. The zero-order valence-corrected chi connectivity index (χ0v) is 13.7. The van der Waals surface area contributed by atoms with Crippen molar-refractivity contribution in [2.24, 2.45) is 0 Å².